The molecule has 0 spiro atoms. The Kier molecular flexibility index (Phi) is 3.87. The largest absolute Gasteiger partial charge is 0.486 e. The van der Waals surface area contributed by atoms with Crippen molar-refractivity contribution < 1.29 is 9.47 Å². The first-order valence-electron chi connectivity index (χ1n) is 6.25. The van der Waals surface area contributed by atoms with Crippen LogP contribution < -0.4 is 15.2 Å². The lowest BCUT2D eigenvalue weighted by atomic mass is 9.99. The monoisotopic (exact) mass is 353 g/mol. The lowest BCUT2D eigenvalue weighted by Crippen LogP contribution is -2.17. The number of fused-ring (bicyclic) bond motifs is 1. The molecule has 5 heteroatoms. The number of hydrogen-bond acceptors (Lipinski definition) is 3. The summed E-state index contributed by atoms with van der Waals surface area (Å²) >= 11 is 9.64. The highest BCUT2D eigenvalue weighted by Gasteiger charge is 2.17. The molecule has 0 radical (unpaired) electrons. The van der Waals surface area contributed by atoms with E-state index in [2.05, 4.69) is 15.9 Å². The molecule has 1 aliphatic heterocycles. The van der Waals surface area contributed by atoms with E-state index in [1.165, 1.54) is 0 Å². The minimum absolute atomic E-state index is 0.300. The number of ether oxygens (including phenoxy) is 2. The van der Waals surface area contributed by atoms with Gasteiger partial charge in [0, 0.05) is 9.50 Å². The molecule has 1 heterocycles. The Morgan fingerprint density at radius 3 is 2.55 bits per heavy atom. The lowest BCUT2D eigenvalue weighted by Gasteiger charge is -2.21. The average molecular weight is 355 g/mol. The summed E-state index contributed by atoms with van der Waals surface area (Å²) in [5.41, 5.74) is 8.13. The zero-order valence-electron chi connectivity index (χ0n) is 10.6. The summed E-state index contributed by atoms with van der Waals surface area (Å²) in [6.45, 7) is 1.14. The Hall–Kier alpha value is -1.23. The number of rotatable bonds is 2. The zero-order chi connectivity index (χ0) is 14.1. The predicted molar refractivity (Wildman–Crippen MR) is 82.6 cm³/mol. The van der Waals surface area contributed by atoms with Crippen molar-refractivity contribution in [2.75, 3.05) is 13.2 Å². The fraction of sp³-hybridized carbons (Fsp3) is 0.200. The van der Waals surface area contributed by atoms with E-state index < -0.39 is 0 Å². The van der Waals surface area contributed by atoms with Crippen molar-refractivity contribution in [3.05, 3.63) is 57.0 Å². The van der Waals surface area contributed by atoms with Gasteiger partial charge in [0.05, 0.1) is 6.04 Å². The first kappa shape index (κ1) is 13.7. The van der Waals surface area contributed by atoms with Crippen LogP contribution in [0.5, 0.6) is 11.5 Å². The summed E-state index contributed by atoms with van der Waals surface area (Å²) in [5, 5.41) is 0.641. The smallest absolute Gasteiger partial charge is 0.161 e. The molecule has 0 bridgehead atoms. The van der Waals surface area contributed by atoms with Crippen LogP contribution in [0, 0.1) is 0 Å². The Balaban J connectivity index is 1.95. The molecule has 3 rings (SSSR count). The maximum Gasteiger partial charge on any atom is 0.161 e. The molecule has 2 N–H and O–H groups in total. The molecular weight excluding hydrogens is 342 g/mol. The maximum atomic E-state index is 6.30. The number of hydrogen-bond donors (Lipinski definition) is 1. The van der Waals surface area contributed by atoms with Crippen molar-refractivity contribution in [2.45, 2.75) is 6.04 Å². The van der Waals surface area contributed by atoms with Crippen molar-refractivity contribution >= 4 is 27.5 Å². The van der Waals surface area contributed by atoms with E-state index in [0.717, 1.165) is 27.1 Å². The highest BCUT2D eigenvalue weighted by atomic mass is 79.9. The first-order chi connectivity index (χ1) is 9.65. The van der Waals surface area contributed by atoms with Crippen LogP contribution in [0.1, 0.15) is 17.2 Å². The molecule has 0 saturated carbocycles. The Labute approximate surface area is 130 Å². The second kappa shape index (κ2) is 5.64. The Bertz CT molecular complexity index is 648. The highest BCUT2D eigenvalue weighted by Crippen LogP contribution is 2.35. The van der Waals surface area contributed by atoms with Gasteiger partial charge in [-0.15, -0.1) is 0 Å². The van der Waals surface area contributed by atoms with Crippen LogP contribution in [0.25, 0.3) is 0 Å². The third-order valence-corrected chi connectivity index (χ3v) is 4.04. The van der Waals surface area contributed by atoms with E-state index >= 15 is 0 Å². The third-order valence-electron chi connectivity index (χ3n) is 3.22. The summed E-state index contributed by atoms with van der Waals surface area (Å²) in [6.07, 6.45) is 0. The quantitative estimate of drug-likeness (QED) is 0.889. The van der Waals surface area contributed by atoms with Gasteiger partial charge in [0.15, 0.2) is 11.5 Å². The Morgan fingerprint density at radius 1 is 1.05 bits per heavy atom. The van der Waals surface area contributed by atoms with Crippen molar-refractivity contribution in [2.24, 2.45) is 5.73 Å². The van der Waals surface area contributed by atoms with Crippen LogP contribution >= 0.6 is 27.5 Å². The molecule has 3 nitrogen and oxygen atoms in total. The van der Waals surface area contributed by atoms with Crippen molar-refractivity contribution in [1.29, 1.82) is 0 Å². The molecular formula is C15H13BrClNO2. The van der Waals surface area contributed by atoms with Gasteiger partial charge in [-0.05, 0) is 35.4 Å². The van der Waals surface area contributed by atoms with E-state index in [-0.39, 0.29) is 6.04 Å². The zero-order valence-corrected chi connectivity index (χ0v) is 12.9. The average Bonchev–Trinajstić information content (AvgIpc) is 2.46. The summed E-state index contributed by atoms with van der Waals surface area (Å²) in [7, 11) is 0. The molecule has 1 unspecified atom stereocenters. The van der Waals surface area contributed by atoms with E-state index in [1.807, 2.05) is 36.4 Å². The molecule has 1 atom stereocenters. The van der Waals surface area contributed by atoms with Crippen LogP contribution in [-0.2, 0) is 0 Å². The lowest BCUT2D eigenvalue weighted by molar-refractivity contribution is 0.171. The molecule has 0 fully saturated rings. The van der Waals surface area contributed by atoms with E-state index in [9.17, 15) is 0 Å². The van der Waals surface area contributed by atoms with Crippen molar-refractivity contribution in [3.8, 4) is 11.5 Å². The summed E-state index contributed by atoms with van der Waals surface area (Å²) in [4.78, 5) is 0. The van der Waals surface area contributed by atoms with Gasteiger partial charge >= 0.3 is 0 Å². The van der Waals surface area contributed by atoms with Gasteiger partial charge in [0.25, 0.3) is 0 Å². The molecule has 0 aromatic heterocycles. The topological polar surface area (TPSA) is 44.5 Å². The maximum absolute atomic E-state index is 6.30. The second-order valence-corrected chi connectivity index (χ2v) is 5.87. The van der Waals surface area contributed by atoms with Gasteiger partial charge in [-0.3, -0.25) is 0 Å². The van der Waals surface area contributed by atoms with Crippen LogP contribution in [0.4, 0.5) is 0 Å². The van der Waals surface area contributed by atoms with Crippen LogP contribution in [-0.4, -0.2) is 13.2 Å². The fourth-order valence-corrected chi connectivity index (χ4v) is 2.98. The van der Waals surface area contributed by atoms with E-state index in [0.29, 0.717) is 18.2 Å². The van der Waals surface area contributed by atoms with Crippen molar-refractivity contribution in [1.82, 2.24) is 0 Å². The molecule has 20 heavy (non-hydrogen) atoms. The molecule has 0 saturated heterocycles. The minimum atomic E-state index is -0.300. The van der Waals surface area contributed by atoms with Crippen molar-refractivity contribution in [3.63, 3.8) is 0 Å². The molecule has 0 amide bonds. The Morgan fingerprint density at radius 2 is 1.80 bits per heavy atom. The first-order valence-corrected chi connectivity index (χ1v) is 7.42. The minimum Gasteiger partial charge on any atom is -0.486 e. The molecule has 2 aromatic carbocycles. The molecule has 1 aliphatic rings. The summed E-state index contributed by atoms with van der Waals surface area (Å²) in [5.74, 6) is 1.49. The van der Waals surface area contributed by atoms with Crippen LogP contribution in [0.15, 0.2) is 40.9 Å². The normalized spacial score (nSPS) is 14.9. The number of nitrogens with two attached hydrogens (primary N) is 1. The van der Waals surface area contributed by atoms with E-state index in [4.69, 9.17) is 26.8 Å². The fourth-order valence-electron chi connectivity index (χ4n) is 2.19. The highest BCUT2D eigenvalue weighted by molar-refractivity contribution is 9.10. The number of benzene rings is 2. The van der Waals surface area contributed by atoms with Gasteiger partial charge in [-0.2, -0.15) is 0 Å². The van der Waals surface area contributed by atoms with Gasteiger partial charge in [0.2, 0.25) is 0 Å². The second-order valence-electron chi connectivity index (χ2n) is 4.55. The summed E-state index contributed by atoms with van der Waals surface area (Å²) in [6, 6.07) is 11.1. The molecule has 0 aliphatic carbocycles. The SMILES string of the molecule is NC(c1ccc2c(c1)OCCO2)c1ccc(Br)cc1Cl. The summed E-state index contributed by atoms with van der Waals surface area (Å²) < 4.78 is 12.0. The van der Waals surface area contributed by atoms with Crippen LogP contribution in [0.2, 0.25) is 5.02 Å². The number of halogens is 2. The van der Waals surface area contributed by atoms with Crippen LogP contribution in [0.3, 0.4) is 0 Å². The molecule has 104 valence electrons. The van der Waals surface area contributed by atoms with Gasteiger partial charge in [0.1, 0.15) is 13.2 Å². The third kappa shape index (κ3) is 2.64. The standard InChI is InChI=1S/C15H13BrClNO2/c16-10-2-3-11(12(17)8-10)15(18)9-1-4-13-14(7-9)20-6-5-19-13/h1-4,7-8,15H,5-6,18H2. The predicted octanol–water partition coefficient (Wildman–Crippen LogP) is 3.92. The van der Waals surface area contributed by atoms with Gasteiger partial charge < -0.3 is 15.2 Å². The van der Waals surface area contributed by atoms with Gasteiger partial charge in [-0.25, -0.2) is 0 Å². The van der Waals surface area contributed by atoms with Gasteiger partial charge in [-0.1, -0.05) is 39.7 Å². The molecule has 2 aromatic rings. The van der Waals surface area contributed by atoms with E-state index in [1.54, 1.807) is 0 Å².